The van der Waals surface area contributed by atoms with Crippen molar-refractivity contribution in [1.29, 1.82) is 0 Å². The molecule has 0 unspecified atom stereocenters. The fourth-order valence-corrected chi connectivity index (χ4v) is 4.60. The Kier molecular flexibility index (Phi) is 6.75. The Hall–Kier alpha value is -4.40. The van der Waals surface area contributed by atoms with Gasteiger partial charge in [-0.3, -0.25) is 14.9 Å². The summed E-state index contributed by atoms with van der Waals surface area (Å²) >= 11 is 12.1. The number of benzene rings is 3. The van der Waals surface area contributed by atoms with Crippen LogP contribution in [0.4, 0.5) is 10.5 Å². The van der Waals surface area contributed by atoms with Gasteiger partial charge in [0.15, 0.2) is 0 Å². The Morgan fingerprint density at radius 2 is 1.76 bits per heavy atom. The molecule has 1 aromatic heterocycles. The third kappa shape index (κ3) is 4.67. The maximum Gasteiger partial charge on any atom is 0.337 e. The van der Waals surface area contributed by atoms with Crippen LogP contribution in [0.5, 0.6) is 0 Å². The number of fused-ring (bicyclic) bond motifs is 1. The van der Waals surface area contributed by atoms with Crippen molar-refractivity contribution in [3.05, 3.63) is 105 Å². The van der Waals surface area contributed by atoms with Crippen LogP contribution in [0.3, 0.4) is 0 Å². The van der Waals surface area contributed by atoms with Crippen molar-refractivity contribution < 1.29 is 23.9 Å². The van der Waals surface area contributed by atoms with Crippen LogP contribution in [0.2, 0.25) is 10.0 Å². The van der Waals surface area contributed by atoms with E-state index in [1.807, 2.05) is 41.1 Å². The van der Waals surface area contributed by atoms with E-state index >= 15 is 0 Å². The molecular weight excluding hydrogens is 529 g/mol. The molecule has 3 aromatic carbocycles. The van der Waals surface area contributed by atoms with Crippen LogP contribution < -0.4 is 10.2 Å². The maximum absolute atomic E-state index is 13.4. The van der Waals surface area contributed by atoms with Crippen LogP contribution in [0.1, 0.15) is 21.5 Å². The molecule has 0 aliphatic carbocycles. The lowest BCUT2D eigenvalue weighted by Gasteiger charge is -2.26. The van der Waals surface area contributed by atoms with Gasteiger partial charge in [0.1, 0.15) is 5.57 Å². The van der Waals surface area contributed by atoms with Crippen LogP contribution in [0.25, 0.3) is 17.0 Å². The molecule has 2 heterocycles. The number of nitrogens with one attached hydrogen (secondary N) is 1. The van der Waals surface area contributed by atoms with Crippen LogP contribution in [-0.2, 0) is 20.9 Å². The van der Waals surface area contributed by atoms with Crippen molar-refractivity contribution in [3.8, 4) is 0 Å². The van der Waals surface area contributed by atoms with Crippen molar-refractivity contribution in [2.24, 2.45) is 0 Å². The van der Waals surface area contributed by atoms with Gasteiger partial charge in [-0.05, 0) is 48.0 Å². The highest BCUT2D eigenvalue weighted by Crippen LogP contribution is 2.30. The number of nitrogens with zero attached hydrogens (tertiary/aromatic N) is 2. The number of anilines is 1. The molecule has 38 heavy (non-hydrogen) atoms. The number of carbonyl (C=O) groups excluding carboxylic acids is 4. The van der Waals surface area contributed by atoms with E-state index in [1.54, 1.807) is 18.2 Å². The fraction of sp³-hybridized carbons (Fsp3) is 0.0714. The van der Waals surface area contributed by atoms with Gasteiger partial charge in [0.2, 0.25) is 0 Å². The number of hydrogen-bond acceptors (Lipinski definition) is 5. The number of hydrogen-bond donors (Lipinski definition) is 1. The smallest absolute Gasteiger partial charge is 0.337 e. The van der Waals surface area contributed by atoms with Crippen molar-refractivity contribution >= 4 is 69.7 Å². The van der Waals surface area contributed by atoms with Gasteiger partial charge in [-0.1, -0.05) is 53.5 Å². The summed E-state index contributed by atoms with van der Waals surface area (Å²) in [4.78, 5) is 51.5. The number of imide groups is 2. The lowest BCUT2D eigenvalue weighted by Crippen LogP contribution is -2.54. The summed E-state index contributed by atoms with van der Waals surface area (Å²) in [6.45, 7) is 0.419. The summed E-state index contributed by atoms with van der Waals surface area (Å²) in [5.74, 6) is -2.03. The first kappa shape index (κ1) is 25.3. The summed E-state index contributed by atoms with van der Waals surface area (Å²) in [6.07, 6.45) is 3.27. The number of amides is 4. The van der Waals surface area contributed by atoms with E-state index in [2.05, 4.69) is 5.32 Å². The van der Waals surface area contributed by atoms with E-state index in [0.717, 1.165) is 21.4 Å². The molecule has 0 bridgehead atoms. The Morgan fingerprint density at radius 1 is 0.974 bits per heavy atom. The Labute approximate surface area is 227 Å². The van der Waals surface area contributed by atoms with Crippen molar-refractivity contribution in [1.82, 2.24) is 9.88 Å². The number of barbiturate groups is 1. The minimum absolute atomic E-state index is 0.159. The van der Waals surface area contributed by atoms with Gasteiger partial charge in [0.25, 0.3) is 11.8 Å². The molecule has 1 fully saturated rings. The van der Waals surface area contributed by atoms with E-state index in [-0.39, 0.29) is 21.3 Å². The average molecular weight is 548 g/mol. The number of aromatic nitrogens is 1. The molecule has 10 heteroatoms. The second-order valence-electron chi connectivity index (χ2n) is 8.48. The van der Waals surface area contributed by atoms with Crippen LogP contribution >= 0.6 is 23.2 Å². The molecule has 1 N–H and O–H groups in total. The summed E-state index contributed by atoms with van der Waals surface area (Å²) < 4.78 is 6.77. The summed E-state index contributed by atoms with van der Waals surface area (Å²) in [7, 11) is 1.33. The number of para-hydroxylation sites is 1. The zero-order valence-corrected chi connectivity index (χ0v) is 21.4. The van der Waals surface area contributed by atoms with Gasteiger partial charge < -0.3 is 9.30 Å². The first-order chi connectivity index (χ1) is 18.3. The zero-order chi connectivity index (χ0) is 27.0. The minimum atomic E-state index is -0.886. The zero-order valence-electron chi connectivity index (χ0n) is 19.9. The molecule has 190 valence electrons. The molecule has 1 aliphatic rings. The molecule has 4 amide bonds. The molecule has 1 aliphatic heterocycles. The van der Waals surface area contributed by atoms with E-state index in [1.165, 1.54) is 31.4 Å². The number of ether oxygens (including phenoxy) is 1. The van der Waals surface area contributed by atoms with Crippen LogP contribution in [-0.4, -0.2) is 35.5 Å². The summed E-state index contributed by atoms with van der Waals surface area (Å²) in [5, 5.41) is 3.43. The molecule has 4 aromatic rings. The molecular formula is C28H19Cl2N3O5. The molecule has 5 rings (SSSR count). The van der Waals surface area contributed by atoms with Crippen molar-refractivity contribution in [2.45, 2.75) is 6.54 Å². The molecule has 8 nitrogen and oxygen atoms in total. The first-order valence-electron chi connectivity index (χ1n) is 11.4. The molecule has 1 saturated heterocycles. The van der Waals surface area contributed by atoms with Gasteiger partial charge in [0.05, 0.1) is 28.4 Å². The van der Waals surface area contributed by atoms with Crippen LogP contribution in [0, 0.1) is 0 Å². The minimum Gasteiger partial charge on any atom is -0.465 e. The quantitative estimate of drug-likeness (QED) is 0.203. The Balaban J connectivity index is 1.54. The highest BCUT2D eigenvalue weighted by atomic mass is 35.5. The highest BCUT2D eigenvalue weighted by Gasteiger charge is 2.37. The second kappa shape index (κ2) is 10.2. The largest absolute Gasteiger partial charge is 0.465 e. The van der Waals surface area contributed by atoms with Crippen LogP contribution in [0.15, 0.2) is 78.5 Å². The van der Waals surface area contributed by atoms with Gasteiger partial charge in [-0.15, -0.1) is 0 Å². The van der Waals surface area contributed by atoms with Gasteiger partial charge in [0, 0.05) is 29.2 Å². The normalized spacial score (nSPS) is 14.8. The first-order valence-corrected chi connectivity index (χ1v) is 12.1. The number of methoxy groups -OCH3 is 1. The molecule has 0 atom stereocenters. The van der Waals surface area contributed by atoms with E-state index in [0.29, 0.717) is 17.7 Å². The lowest BCUT2D eigenvalue weighted by atomic mass is 10.1. The van der Waals surface area contributed by atoms with E-state index in [9.17, 15) is 19.2 Å². The number of carbonyl (C=O) groups is 4. The van der Waals surface area contributed by atoms with E-state index in [4.69, 9.17) is 27.9 Å². The highest BCUT2D eigenvalue weighted by molar-refractivity contribution is 6.43. The predicted molar refractivity (Wildman–Crippen MR) is 144 cm³/mol. The standard InChI is InChI=1S/C28H19Cl2N3O5/c1-38-27(36)17-6-4-5-16(11-17)14-32-15-18(20-7-2-3-8-24(20)32)12-21-25(34)31-28(37)33(26(21)35)19-9-10-22(29)23(30)13-19/h2-13,15H,14H2,1H3,(H,31,34,37)/b21-12+. The fourth-order valence-electron chi connectivity index (χ4n) is 4.30. The van der Waals surface area contributed by atoms with Crippen molar-refractivity contribution in [2.75, 3.05) is 12.0 Å². The third-order valence-electron chi connectivity index (χ3n) is 6.08. The summed E-state index contributed by atoms with van der Waals surface area (Å²) in [5.41, 5.74) is 2.70. The average Bonchev–Trinajstić information content (AvgIpc) is 3.25. The SMILES string of the molecule is COC(=O)c1cccc(Cn2cc(/C=C3\C(=O)NC(=O)N(c4ccc(Cl)c(Cl)c4)C3=O)c3ccccc32)c1. The number of urea groups is 1. The topological polar surface area (TPSA) is 97.7 Å². The maximum atomic E-state index is 13.4. The molecule has 0 spiro atoms. The van der Waals surface area contributed by atoms with E-state index < -0.39 is 23.8 Å². The molecule has 0 saturated carbocycles. The predicted octanol–water partition coefficient (Wildman–Crippen LogP) is 5.45. The Bertz CT molecular complexity index is 1670. The van der Waals surface area contributed by atoms with Crippen molar-refractivity contribution in [3.63, 3.8) is 0 Å². The lowest BCUT2D eigenvalue weighted by molar-refractivity contribution is -0.122. The number of esters is 1. The number of halogens is 2. The van der Waals surface area contributed by atoms with Gasteiger partial charge in [-0.2, -0.15) is 0 Å². The number of rotatable bonds is 5. The summed E-state index contributed by atoms with van der Waals surface area (Å²) in [6, 6.07) is 18.0. The Morgan fingerprint density at radius 3 is 2.53 bits per heavy atom. The second-order valence-corrected chi connectivity index (χ2v) is 9.29. The van der Waals surface area contributed by atoms with Gasteiger partial charge in [-0.25, -0.2) is 14.5 Å². The molecule has 0 radical (unpaired) electrons. The monoisotopic (exact) mass is 547 g/mol. The van der Waals surface area contributed by atoms with Gasteiger partial charge >= 0.3 is 12.0 Å². The third-order valence-corrected chi connectivity index (χ3v) is 6.82.